The highest BCUT2D eigenvalue weighted by Crippen LogP contribution is 2.17. The number of nitrogens with zero attached hydrogens (tertiary/aromatic N) is 1. The second-order valence-corrected chi connectivity index (χ2v) is 6.93. The van der Waals surface area contributed by atoms with Crippen LogP contribution in [0.5, 0.6) is 0 Å². The Kier molecular flexibility index (Phi) is 4.53. The van der Waals surface area contributed by atoms with Gasteiger partial charge in [0.25, 0.3) is 0 Å². The van der Waals surface area contributed by atoms with Crippen LogP contribution in [-0.2, 0) is 14.8 Å². The first-order valence-corrected chi connectivity index (χ1v) is 7.39. The molecule has 0 saturated carbocycles. The molecule has 0 aliphatic carbocycles. The van der Waals surface area contributed by atoms with E-state index in [4.69, 9.17) is 11.0 Å². The predicted octanol–water partition coefficient (Wildman–Crippen LogP) is 0.657. The van der Waals surface area contributed by atoms with Gasteiger partial charge in [-0.3, -0.25) is 4.79 Å². The Morgan fingerprint density at radius 1 is 1.45 bits per heavy atom. The third kappa shape index (κ3) is 3.56. The molecule has 0 aromatic heterocycles. The fourth-order valence-corrected chi connectivity index (χ4v) is 2.67. The number of hydrogen-bond acceptors (Lipinski definition) is 4. The smallest absolute Gasteiger partial charge is 0.240 e. The van der Waals surface area contributed by atoms with Gasteiger partial charge in [-0.1, -0.05) is 0 Å². The molecule has 0 bridgehead atoms. The maximum absolute atomic E-state index is 12.1. The molecular weight excluding hydrogens is 278 g/mol. The van der Waals surface area contributed by atoms with Gasteiger partial charge in [0.1, 0.15) is 0 Å². The van der Waals surface area contributed by atoms with Gasteiger partial charge in [-0.2, -0.15) is 5.26 Å². The first kappa shape index (κ1) is 16.1. The van der Waals surface area contributed by atoms with Crippen molar-refractivity contribution in [2.75, 3.05) is 6.54 Å². The fraction of sp³-hybridized carbons (Fsp3) is 0.385. The second-order valence-electron chi connectivity index (χ2n) is 5.16. The van der Waals surface area contributed by atoms with Crippen LogP contribution in [0.4, 0.5) is 0 Å². The number of carbonyl (C=O) groups excluding carboxylic acids is 1. The molecule has 20 heavy (non-hydrogen) atoms. The van der Waals surface area contributed by atoms with E-state index in [1.807, 2.05) is 6.07 Å². The van der Waals surface area contributed by atoms with Crippen LogP contribution in [0.3, 0.4) is 0 Å². The maximum Gasteiger partial charge on any atom is 0.240 e. The minimum absolute atomic E-state index is 0.0503. The summed E-state index contributed by atoms with van der Waals surface area (Å²) in [5.74, 6) is -0.587. The first-order valence-electron chi connectivity index (χ1n) is 5.90. The lowest BCUT2D eigenvalue weighted by Crippen LogP contribution is -2.42. The quantitative estimate of drug-likeness (QED) is 0.830. The average molecular weight is 295 g/mol. The molecule has 0 radical (unpaired) electrons. The van der Waals surface area contributed by atoms with Gasteiger partial charge >= 0.3 is 0 Å². The van der Waals surface area contributed by atoms with Gasteiger partial charge in [-0.25, -0.2) is 13.1 Å². The topological polar surface area (TPSA) is 113 Å². The molecule has 1 aromatic carbocycles. The summed E-state index contributed by atoms with van der Waals surface area (Å²) in [5.41, 5.74) is 5.20. The second kappa shape index (κ2) is 5.61. The third-order valence-electron chi connectivity index (χ3n) is 3.00. The number of nitrogens with two attached hydrogens (primary N) is 1. The molecule has 7 heteroatoms. The molecule has 0 saturated heterocycles. The Labute approximate surface area is 118 Å². The molecule has 0 aliphatic heterocycles. The lowest BCUT2D eigenvalue weighted by atomic mass is 9.93. The molecule has 3 N–H and O–H groups in total. The van der Waals surface area contributed by atoms with Crippen LogP contribution in [0.2, 0.25) is 0 Å². The molecule has 0 unspecified atom stereocenters. The summed E-state index contributed by atoms with van der Waals surface area (Å²) in [4.78, 5) is 11.2. The standard InChI is InChI=1S/C13H17N3O3S/c1-9-6-11(5-4-10(9)7-14)20(18,19)16-8-13(2,3)12(15)17/h4-6,16H,8H2,1-3H3,(H2,15,17). The third-order valence-corrected chi connectivity index (χ3v) is 4.40. The van der Waals surface area contributed by atoms with Crippen molar-refractivity contribution in [1.29, 1.82) is 5.26 Å². The molecule has 0 aliphatic rings. The van der Waals surface area contributed by atoms with E-state index in [1.54, 1.807) is 20.8 Å². The number of carbonyl (C=O) groups is 1. The Hall–Kier alpha value is -1.91. The van der Waals surface area contributed by atoms with Crippen molar-refractivity contribution in [2.45, 2.75) is 25.7 Å². The number of benzene rings is 1. The minimum Gasteiger partial charge on any atom is -0.369 e. The molecule has 0 heterocycles. The van der Waals surface area contributed by atoms with E-state index < -0.39 is 21.3 Å². The lowest BCUT2D eigenvalue weighted by Gasteiger charge is -2.20. The van der Waals surface area contributed by atoms with Crippen molar-refractivity contribution in [1.82, 2.24) is 4.72 Å². The van der Waals surface area contributed by atoms with E-state index in [-0.39, 0.29) is 11.4 Å². The number of sulfonamides is 1. The summed E-state index contributed by atoms with van der Waals surface area (Å²) in [6.07, 6.45) is 0. The van der Waals surface area contributed by atoms with E-state index in [0.717, 1.165) is 0 Å². The van der Waals surface area contributed by atoms with E-state index >= 15 is 0 Å². The number of primary amides is 1. The SMILES string of the molecule is Cc1cc(S(=O)(=O)NCC(C)(C)C(N)=O)ccc1C#N. The molecule has 1 aromatic rings. The van der Waals surface area contributed by atoms with Crippen LogP contribution in [-0.4, -0.2) is 20.9 Å². The van der Waals surface area contributed by atoms with E-state index in [2.05, 4.69) is 4.72 Å². The average Bonchev–Trinajstić information content (AvgIpc) is 2.36. The lowest BCUT2D eigenvalue weighted by molar-refractivity contribution is -0.125. The number of hydrogen-bond donors (Lipinski definition) is 2. The zero-order valence-electron chi connectivity index (χ0n) is 11.6. The predicted molar refractivity (Wildman–Crippen MR) is 74.1 cm³/mol. The van der Waals surface area contributed by atoms with E-state index in [9.17, 15) is 13.2 Å². The molecule has 6 nitrogen and oxygen atoms in total. The van der Waals surface area contributed by atoms with Crippen LogP contribution in [0.1, 0.15) is 25.0 Å². The number of amides is 1. The summed E-state index contributed by atoms with van der Waals surface area (Å²) in [6.45, 7) is 4.68. The molecule has 0 fully saturated rings. The highest BCUT2D eigenvalue weighted by molar-refractivity contribution is 7.89. The molecule has 1 rings (SSSR count). The van der Waals surface area contributed by atoms with Gasteiger partial charge in [0.05, 0.1) is 21.9 Å². The Morgan fingerprint density at radius 3 is 2.50 bits per heavy atom. The minimum atomic E-state index is -3.74. The van der Waals surface area contributed by atoms with Crippen LogP contribution in [0.25, 0.3) is 0 Å². The van der Waals surface area contributed by atoms with Crippen molar-refractivity contribution in [3.63, 3.8) is 0 Å². The van der Waals surface area contributed by atoms with Gasteiger partial charge in [0, 0.05) is 6.54 Å². The van der Waals surface area contributed by atoms with Crippen LogP contribution >= 0.6 is 0 Å². The van der Waals surface area contributed by atoms with Crippen LogP contribution in [0.15, 0.2) is 23.1 Å². The van der Waals surface area contributed by atoms with E-state index in [1.165, 1.54) is 18.2 Å². The van der Waals surface area contributed by atoms with Crippen molar-refractivity contribution >= 4 is 15.9 Å². The number of nitriles is 1. The largest absolute Gasteiger partial charge is 0.369 e. The van der Waals surface area contributed by atoms with Crippen LogP contribution < -0.4 is 10.5 Å². The summed E-state index contributed by atoms with van der Waals surface area (Å²) in [7, 11) is -3.74. The molecule has 1 amide bonds. The van der Waals surface area contributed by atoms with Gasteiger partial charge in [0.15, 0.2) is 0 Å². The van der Waals surface area contributed by atoms with Crippen LogP contribution in [0, 0.1) is 23.7 Å². The number of nitrogens with one attached hydrogen (secondary N) is 1. The Balaban J connectivity index is 2.99. The van der Waals surface area contributed by atoms with Gasteiger partial charge in [-0.05, 0) is 44.5 Å². The molecule has 108 valence electrons. The summed E-state index contributed by atoms with van der Waals surface area (Å²) >= 11 is 0. The van der Waals surface area contributed by atoms with Gasteiger partial charge in [-0.15, -0.1) is 0 Å². The van der Waals surface area contributed by atoms with Crippen molar-refractivity contribution < 1.29 is 13.2 Å². The zero-order valence-corrected chi connectivity index (χ0v) is 12.4. The monoisotopic (exact) mass is 295 g/mol. The number of rotatable bonds is 5. The first-order chi connectivity index (χ1) is 9.10. The molecular formula is C13H17N3O3S. The maximum atomic E-state index is 12.1. The van der Waals surface area contributed by atoms with Gasteiger partial charge < -0.3 is 5.73 Å². The Morgan fingerprint density at radius 2 is 2.05 bits per heavy atom. The summed E-state index contributed by atoms with van der Waals surface area (Å²) in [6, 6.07) is 6.18. The zero-order chi connectivity index (χ0) is 15.6. The number of aryl methyl sites for hydroxylation is 1. The summed E-state index contributed by atoms with van der Waals surface area (Å²) < 4.78 is 26.6. The molecule has 0 spiro atoms. The normalized spacial score (nSPS) is 11.9. The highest BCUT2D eigenvalue weighted by atomic mass is 32.2. The van der Waals surface area contributed by atoms with E-state index in [0.29, 0.717) is 11.1 Å². The highest BCUT2D eigenvalue weighted by Gasteiger charge is 2.27. The van der Waals surface area contributed by atoms with Crippen molar-refractivity contribution in [3.05, 3.63) is 29.3 Å². The van der Waals surface area contributed by atoms with Crippen molar-refractivity contribution in [3.8, 4) is 6.07 Å². The summed E-state index contributed by atoms with van der Waals surface area (Å²) in [5, 5.41) is 8.82. The molecule has 0 atom stereocenters. The van der Waals surface area contributed by atoms with Gasteiger partial charge in [0.2, 0.25) is 15.9 Å². The Bertz CT molecular complexity index is 673. The fourth-order valence-electron chi connectivity index (χ4n) is 1.37. The van der Waals surface area contributed by atoms with Crippen molar-refractivity contribution in [2.24, 2.45) is 11.1 Å².